The lowest BCUT2D eigenvalue weighted by molar-refractivity contribution is 0.628. The first-order valence-corrected chi connectivity index (χ1v) is 10.9. The molecule has 1 aromatic heterocycles. The number of fused-ring (bicyclic) bond motifs is 1. The van der Waals surface area contributed by atoms with Crippen LogP contribution in [0.2, 0.25) is 0 Å². The highest BCUT2D eigenvalue weighted by Crippen LogP contribution is 2.29. The summed E-state index contributed by atoms with van der Waals surface area (Å²) in [6.07, 6.45) is 2.25. The van der Waals surface area contributed by atoms with Crippen LogP contribution in [0.4, 0.5) is 4.39 Å². The molecule has 4 aromatic carbocycles. The van der Waals surface area contributed by atoms with Crippen molar-refractivity contribution < 1.29 is 4.39 Å². The van der Waals surface area contributed by atoms with Gasteiger partial charge in [-0.1, -0.05) is 78.9 Å². The van der Waals surface area contributed by atoms with E-state index in [9.17, 15) is 4.39 Å². The fourth-order valence-corrected chi connectivity index (χ4v) is 4.18. The minimum Gasteiger partial charge on any atom is -0.343 e. The van der Waals surface area contributed by atoms with Crippen LogP contribution in [0.1, 0.15) is 16.7 Å². The number of halogens is 2. The highest BCUT2D eigenvalue weighted by Gasteiger charge is 2.11. The summed E-state index contributed by atoms with van der Waals surface area (Å²) < 4.78 is 15.7. The fourth-order valence-electron chi connectivity index (χ4n) is 4.18. The number of nitrogens with zero attached hydrogens (tertiary/aromatic N) is 1. The van der Waals surface area contributed by atoms with Gasteiger partial charge < -0.3 is 9.88 Å². The molecule has 0 unspecified atom stereocenters. The molecule has 5 aromatic rings. The highest BCUT2D eigenvalue weighted by molar-refractivity contribution is 5.88. The molecule has 4 heteroatoms. The molecule has 33 heavy (non-hydrogen) atoms. The smallest absolute Gasteiger partial charge is 0.123 e. The van der Waals surface area contributed by atoms with Crippen LogP contribution in [0.5, 0.6) is 0 Å². The summed E-state index contributed by atoms with van der Waals surface area (Å²) >= 11 is 0. The van der Waals surface area contributed by atoms with E-state index >= 15 is 0 Å². The third kappa shape index (κ3) is 5.33. The van der Waals surface area contributed by atoms with E-state index in [1.54, 1.807) is 0 Å². The molecule has 0 bridgehead atoms. The summed E-state index contributed by atoms with van der Waals surface area (Å²) in [6, 6.07) is 34.2. The van der Waals surface area contributed by atoms with Crippen LogP contribution in [-0.2, 0) is 19.6 Å². The van der Waals surface area contributed by atoms with Gasteiger partial charge in [-0.3, -0.25) is 0 Å². The Hall–Kier alpha value is -3.40. The molecular formula is C29H26ClFN2. The summed E-state index contributed by atoms with van der Waals surface area (Å²) in [7, 11) is 0. The normalized spacial score (nSPS) is 10.8. The van der Waals surface area contributed by atoms with E-state index in [0.29, 0.717) is 0 Å². The molecule has 0 aliphatic rings. The van der Waals surface area contributed by atoms with Crippen molar-refractivity contribution in [2.24, 2.45) is 0 Å². The SMILES string of the molecule is Cl.Fc1ccc(-c2ccc3c(c2)c(CNCc2ccccc2)cn3Cc2ccccc2)cc1. The maximum Gasteiger partial charge on any atom is 0.123 e. The molecule has 1 N–H and O–H groups in total. The summed E-state index contributed by atoms with van der Waals surface area (Å²) in [5.74, 6) is -0.213. The maximum atomic E-state index is 13.4. The average Bonchev–Trinajstić information content (AvgIpc) is 3.17. The van der Waals surface area contributed by atoms with E-state index in [1.165, 1.54) is 39.7 Å². The van der Waals surface area contributed by atoms with Crippen LogP contribution in [0.25, 0.3) is 22.0 Å². The van der Waals surface area contributed by atoms with Crippen molar-refractivity contribution in [2.75, 3.05) is 0 Å². The Balaban J connectivity index is 0.00000259. The monoisotopic (exact) mass is 456 g/mol. The van der Waals surface area contributed by atoms with Gasteiger partial charge in [-0.2, -0.15) is 0 Å². The first-order chi connectivity index (χ1) is 15.8. The maximum absolute atomic E-state index is 13.4. The van der Waals surface area contributed by atoms with Gasteiger partial charge >= 0.3 is 0 Å². The Bertz CT molecular complexity index is 1310. The second-order valence-electron chi connectivity index (χ2n) is 8.10. The molecule has 1 heterocycles. The number of nitrogens with one attached hydrogen (secondary N) is 1. The molecule has 2 nitrogen and oxygen atoms in total. The van der Waals surface area contributed by atoms with Crippen molar-refractivity contribution in [3.8, 4) is 11.1 Å². The number of hydrogen-bond acceptors (Lipinski definition) is 1. The van der Waals surface area contributed by atoms with Gasteiger partial charge in [0.1, 0.15) is 5.82 Å². The topological polar surface area (TPSA) is 17.0 Å². The van der Waals surface area contributed by atoms with Crippen LogP contribution < -0.4 is 5.32 Å². The number of aromatic nitrogens is 1. The van der Waals surface area contributed by atoms with E-state index < -0.39 is 0 Å². The Morgan fingerprint density at radius 2 is 1.30 bits per heavy atom. The molecule has 0 aliphatic carbocycles. The van der Waals surface area contributed by atoms with Crippen molar-refractivity contribution in [1.29, 1.82) is 0 Å². The Labute approximate surface area is 200 Å². The second-order valence-corrected chi connectivity index (χ2v) is 8.10. The third-order valence-electron chi connectivity index (χ3n) is 5.82. The van der Waals surface area contributed by atoms with E-state index in [1.807, 2.05) is 24.3 Å². The van der Waals surface area contributed by atoms with Gasteiger partial charge in [-0.25, -0.2) is 4.39 Å². The quantitative estimate of drug-likeness (QED) is 0.274. The van der Waals surface area contributed by atoms with Crippen LogP contribution >= 0.6 is 12.4 Å². The molecule has 0 amide bonds. The summed E-state index contributed by atoms with van der Waals surface area (Å²) in [5.41, 5.74) is 7.13. The zero-order valence-corrected chi connectivity index (χ0v) is 19.1. The average molecular weight is 457 g/mol. The fraction of sp³-hybridized carbons (Fsp3) is 0.103. The molecule has 0 saturated heterocycles. The number of rotatable bonds is 7. The van der Waals surface area contributed by atoms with Crippen molar-refractivity contribution in [3.05, 3.63) is 132 Å². The lowest BCUT2D eigenvalue weighted by Crippen LogP contribution is -2.12. The third-order valence-corrected chi connectivity index (χ3v) is 5.82. The molecule has 5 rings (SSSR count). The standard InChI is InChI=1S/C29H25FN2.ClH/c30-27-14-11-24(12-15-27)25-13-16-29-28(17-25)26(19-31-18-22-7-3-1-4-8-22)21-32(29)20-23-9-5-2-6-10-23;/h1-17,21,31H,18-20H2;1H. The second kappa shape index (κ2) is 10.5. The van der Waals surface area contributed by atoms with Crippen molar-refractivity contribution in [1.82, 2.24) is 9.88 Å². The Morgan fingerprint density at radius 3 is 2.00 bits per heavy atom. The molecular weight excluding hydrogens is 431 g/mol. The molecule has 0 saturated carbocycles. The van der Waals surface area contributed by atoms with Gasteiger partial charge in [-0.05, 0) is 52.1 Å². The van der Waals surface area contributed by atoms with Crippen LogP contribution in [0.15, 0.2) is 109 Å². The van der Waals surface area contributed by atoms with E-state index in [2.05, 4.69) is 82.8 Å². The van der Waals surface area contributed by atoms with E-state index in [-0.39, 0.29) is 18.2 Å². The van der Waals surface area contributed by atoms with Crippen molar-refractivity contribution in [2.45, 2.75) is 19.6 Å². The van der Waals surface area contributed by atoms with Crippen LogP contribution in [-0.4, -0.2) is 4.57 Å². The molecule has 0 atom stereocenters. The first kappa shape index (κ1) is 22.8. The Kier molecular flexibility index (Phi) is 7.23. The molecule has 0 aliphatic heterocycles. The zero-order chi connectivity index (χ0) is 21.8. The van der Waals surface area contributed by atoms with Gasteiger partial charge in [0.15, 0.2) is 0 Å². The summed E-state index contributed by atoms with van der Waals surface area (Å²) in [6.45, 7) is 2.43. The number of benzene rings is 4. The Morgan fingerprint density at radius 1 is 0.667 bits per heavy atom. The molecule has 166 valence electrons. The zero-order valence-electron chi connectivity index (χ0n) is 18.2. The predicted octanol–water partition coefficient (Wildman–Crippen LogP) is 7.21. The number of hydrogen-bond donors (Lipinski definition) is 1. The lowest BCUT2D eigenvalue weighted by atomic mass is 10.0. The van der Waals surface area contributed by atoms with Gasteiger partial charge in [0.25, 0.3) is 0 Å². The van der Waals surface area contributed by atoms with E-state index in [4.69, 9.17) is 0 Å². The van der Waals surface area contributed by atoms with Crippen LogP contribution in [0.3, 0.4) is 0 Å². The predicted molar refractivity (Wildman–Crippen MR) is 137 cm³/mol. The van der Waals surface area contributed by atoms with Crippen molar-refractivity contribution >= 4 is 23.3 Å². The molecule has 0 fully saturated rings. The van der Waals surface area contributed by atoms with Gasteiger partial charge in [0.2, 0.25) is 0 Å². The van der Waals surface area contributed by atoms with Gasteiger partial charge in [0, 0.05) is 36.7 Å². The first-order valence-electron chi connectivity index (χ1n) is 10.9. The minimum absolute atomic E-state index is 0. The summed E-state index contributed by atoms with van der Waals surface area (Å²) in [4.78, 5) is 0. The summed E-state index contributed by atoms with van der Waals surface area (Å²) in [5, 5.41) is 4.82. The van der Waals surface area contributed by atoms with Crippen molar-refractivity contribution in [3.63, 3.8) is 0 Å². The molecule has 0 radical (unpaired) electrons. The highest BCUT2D eigenvalue weighted by atomic mass is 35.5. The lowest BCUT2D eigenvalue weighted by Gasteiger charge is -2.07. The van der Waals surface area contributed by atoms with Crippen LogP contribution in [0, 0.1) is 5.82 Å². The van der Waals surface area contributed by atoms with Gasteiger partial charge in [0.05, 0.1) is 0 Å². The largest absolute Gasteiger partial charge is 0.343 e. The minimum atomic E-state index is -0.213. The molecule has 0 spiro atoms. The van der Waals surface area contributed by atoms with Gasteiger partial charge in [-0.15, -0.1) is 12.4 Å². The van der Waals surface area contributed by atoms with E-state index in [0.717, 1.165) is 30.8 Å².